The first-order valence-corrected chi connectivity index (χ1v) is 3.51. The molecule has 0 aliphatic heterocycles. The highest BCUT2D eigenvalue weighted by atomic mass is 79.9. The molecule has 0 amide bonds. The summed E-state index contributed by atoms with van der Waals surface area (Å²) in [4.78, 5) is 4.09. The zero-order valence-electron chi connectivity index (χ0n) is 5.71. The Morgan fingerprint density at radius 1 is 1.40 bits per heavy atom. The van der Waals surface area contributed by atoms with E-state index >= 15 is 0 Å². The molecule has 0 N–H and O–H groups in total. The number of pyridine rings is 1. The molecule has 0 aliphatic carbocycles. The van der Waals surface area contributed by atoms with Crippen molar-refractivity contribution in [3.8, 4) is 12.8 Å². The predicted molar refractivity (Wildman–Crippen MR) is 46.6 cm³/mol. The number of aromatic nitrogens is 1. The molecule has 1 nitrogen and oxygen atoms in total. The molecule has 0 bridgehead atoms. The molecule has 0 aromatic carbocycles. The van der Waals surface area contributed by atoms with E-state index < -0.39 is 0 Å². The van der Waals surface area contributed by atoms with E-state index in [1.807, 2.05) is 25.1 Å². The van der Waals surface area contributed by atoms with Crippen molar-refractivity contribution in [2.24, 2.45) is 0 Å². The second kappa shape index (κ2) is 5.01. The number of terminal acetylenes is 1. The maximum atomic E-state index is 4.09. The molecule has 1 rings (SSSR count). The average molecular weight is 198 g/mol. The summed E-state index contributed by atoms with van der Waals surface area (Å²) in [7, 11) is 0. The average Bonchev–Trinajstić information content (AvgIpc) is 1.91. The Bertz CT molecular complexity index is 200. The van der Waals surface area contributed by atoms with Gasteiger partial charge in [-0.05, 0) is 35.0 Å². The van der Waals surface area contributed by atoms with Gasteiger partial charge in [-0.1, -0.05) is 6.07 Å². The lowest BCUT2D eigenvalue weighted by molar-refractivity contribution is 1.17. The van der Waals surface area contributed by atoms with Gasteiger partial charge in [0.25, 0.3) is 0 Å². The number of nitrogens with zero attached hydrogens (tertiary/aromatic N) is 1. The molecule has 0 atom stereocenters. The Morgan fingerprint density at radius 2 is 2.00 bits per heavy atom. The zero-order chi connectivity index (χ0) is 7.98. The van der Waals surface area contributed by atoms with E-state index in [2.05, 4.69) is 33.8 Å². The molecule has 2 heteroatoms. The number of hydrogen-bond acceptors (Lipinski definition) is 1. The van der Waals surface area contributed by atoms with Crippen molar-refractivity contribution in [1.29, 1.82) is 0 Å². The van der Waals surface area contributed by atoms with Gasteiger partial charge in [-0.2, -0.15) is 0 Å². The van der Waals surface area contributed by atoms with Gasteiger partial charge in [-0.15, -0.1) is 12.8 Å². The first-order chi connectivity index (χ1) is 4.79. The van der Waals surface area contributed by atoms with Gasteiger partial charge < -0.3 is 0 Å². The maximum absolute atomic E-state index is 4.09. The van der Waals surface area contributed by atoms with Crippen LogP contribution in [0, 0.1) is 19.8 Å². The van der Waals surface area contributed by atoms with E-state index in [0.29, 0.717) is 0 Å². The minimum atomic E-state index is 0.900. The molecule has 0 saturated heterocycles. The summed E-state index contributed by atoms with van der Waals surface area (Å²) in [5, 5.41) is 0. The predicted octanol–water partition coefficient (Wildman–Crippen LogP) is 2.40. The van der Waals surface area contributed by atoms with Crippen molar-refractivity contribution in [2.45, 2.75) is 6.92 Å². The molecule has 1 aromatic rings. The van der Waals surface area contributed by atoms with Gasteiger partial charge >= 0.3 is 0 Å². The van der Waals surface area contributed by atoms with Crippen LogP contribution in [-0.2, 0) is 0 Å². The van der Waals surface area contributed by atoms with Crippen LogP contribution in [0.25, 0.3) is 0 Å². The van der Waals surface area contributed by atoms with Gasteiger partial charge in [0.15, 0.2) is 0 Å². The summed E-state index contributed by atoms with van der Waals surface area (Å²) in [5.41, 5.74) is 1.04. The first kappa shape index (κ1) is 9.19. The molecule has 1 heterocycles. The molecular weight excluding hydrogens is 190 g/mol. The highest BCUT2D eigenvalue weighted by Crippen LogP contribution is 2.04. The molecule has 1 aromatic heterocycles. The van der Waals surface area contributed by atoms with Gasteiger partial charge in [-0.3, -0.25) is 0 Å². The Morgan fingerprint density at radius 3 is 2.30 bits per heavy atom. The van der Waals surface area contributed by atoms with Gasteiger partial charge in [0.2, 0.25) is 0 Å². The highest BCUT2D eigenvalue weighted by Gasteiger charge is 1.83. The molecule has 52 valence electrons. The SMILES string of the molecule is C#C.Cc1cccc(Br)n1. The standard InChI is InChI=1S/C6H6BrN.C2H2/c1-5-3-2-4-6(7)8-5;1-2/h2-4H,1H3;1-2H. The molecule has 0 unspecified atom stereocenters. The second-order valence-corrected chi connectivity index (χ2v) is 2.41. The van der Waals surface area contributed by atoms with Crippen LogP contribution in [0.3, 0.4) is 0 Å². The highest BCUT2D eigenvalue weighted by molar-refractivity contribution is 9.10. The quantitative estimate of drug-likeness (QED) is 0.460. The molecule has 0 saturated carbocycles. The van der Waals surface area contributed by atoms with Crippen molar-refractivity contribution < 1.29 is 0 Å². The Hall–Kier alpha value is -0.810. The van der Waals surface area contributed by atoms with Crippen molar-refractivity contribution in [2.75, 3.05) is 0 Å². The number of hydrogen-bond donors (Lipinski definition) is 0. The third kappa shape index (κ3) is 3.26. The molecule has 0 fully saturated rings. The third-order valence-electron chi connectivity index (χ3n) is 0.854. The summed E-state index contributed by atoms with van der Waals surface area (Å²) < 4.78 is 0.900. The van der Waals surface area contributed by atoms with Crippen LogP contribution in [-0.4, -0.2) is 4.98 Å². The Kier molecular flexibility index (Phi) is 4.61. The molecule has 0 radical (unpaired) electrons. The van der Waals surface area contributed by atoms with Crippen LogP contribution in [0.4, 0.5) is 0 Å². The monoisotopic (exact) mass is 197 g/mol. The maximum Gasteiger partial charge on any atom is 0.106 e. The summed E-state index contributed by atoms with van der Waals surface area (Å²) in [6.07, 6.45) is 8.00. The zero-order valence-corrected chi connectivity index (χ0v) is 7.30. The van der Waals surface area contributed by atoms with Gasteiger partial charge in [0.05, 0.1) is 0 Å². The van der Waals surface area contributed by atoms with E-state index in [0.717, 1.165) is 10.3 Å². The van der Waals surface area contributed by atoms with Crippen LogP contribution in [0.1, 0.15) is 5.69 Å². The third-order valence-corrected chi connectivity index (χ3v) is 1.30. The molecular formula is C8H8BrN. The van der Waals surface area contributed by atoms with Gasteiger partial charge in [0.1, 0.15) is 4.60 Å². The minimum Gasteiger partial charge on any atom is -0.246 e. The summed E-state index contributed by atoms with van der Waals surface area (Å²) >= 11 is 3.25. The van der Waals surface area contributed by atoms with Crippen LogP contribution >= 0.6 is 15.9 Å². The number of rotatable bonds is 0. The summed E-state index contributed by atoms with van der Waals surface area (Å²) in [5.74, 6) is 0. The Balaban J connectivity index is 0.000000371. The largest absolute Gasteiger partial charge is 0.246 e. The van der Waals surface area contributed by atoms with E-state index in [9.17, 15) is 0 Å². The van der Waals surface area contributed by atoms with Crippen molar-refractivity contribution in [3.63, 3.8) is 0 Å². The van der Waals surface area contributed by atoms with E-state index in [4.69, 9.17) is 0 Å². The lowest BCUT2D eigenvalue weighted by Crippen LogP contribution is -1.77. The summed E-state index contributed by atoms with van der Waals surface area (Å²) in [6, 6.07) is 5.84. The first-order valence-electron chi connectivity index (χ1n) is 2.71. The van der Waals surface area contributed by atoms with E-state index in [1.54, 1.807) is 0 Å². The summed E-state index contributed by atoms with van der Waals surface area (Å²) in [6.45, 7) is 1.96. The fourth-order valence-corrected chi connectivity index (χ4v) is 0.942. The fraction of sp³-hybridized carbons (Fsp3) is 0.125. The number of halogens is 1. The van der Waals surface area contributed by atoms with Crippen LogP contribution in [0.5, 0.6) is 0 Å². The van der Waals surface area contributed by atoms with Crippen LogP contribution in [0.15, 0.2) is 22.8 Å². The van der Waals surface area contributed by atoms with E-state index in [1.165, 1.54) is 0 Å². The van der Waals surface area contributed by atoms with Gasteiger partial charge in [-0.25, -0.2) is 4.98 Å². The van der Waals surface area contributed by atoms with Crippen molar-refractivity contribution in [3.05, 3.63) is 28.5 Å². The molecule has 10 heavy (non-hydrogen) atoms. The van der Waals surface area contributed by atoms with Crippen LogP contribution in [0.2, 0.25) is 0 Å². The fourth-order valence-electron chi connectivity index (χ4n) is 0.510. The molecule has 0 spiro atoms. The lowest BCUT2D eigenvalue weighted by Gasteiger charge is -1.88. The smallest absolute Gasteiger partial charge is 0.106 e. The van der Waals surface area contributed by atoms with Crippen molar-refractivity contribution >= 4 is 15.9 Å². The number of aryl methyl sites for hydroxylation is 1. The topological polar surface area (TPSA) is 12.9 Å². The normalized spacial score (nSPS) is 7.60. The van der Waals surface area contributed by atoms with Crippen LogP contribution < -0.4 is 0 Å². The molecule has 0 aliphatic rings. The van der Waals surface area contributed by atoms with Crippen molar-refractivity contribution in [1.82, 2.24) is 4.98 Å². The Labute approximate surface area is 69.6 Å². The minimum absolute atomic E-state index is 0.900. The lowest BCUT2D eigenvalue weighted by atomic mass is 10.4. The van der Waals surface area contributed by atoms with Gasteiger partial charge in [0, 0.05) is 5.69 Å². The second-order valence-electron chi connectivity index (χ2n) is 1.60. The van der Waals surface area contributed by atoms with E-state index in [-0.39, 0.29) is 0 Å².